The Kier molecular flexibility index (Phi) is 4.40. The van der Waals surface area contributed by atoms with Crippen LogP contribution >= 0.6 is 0 Å². The highest BCUT2D eigenvalue weighted by Crippen LogP contribution is 2.65. The third kappa shape index (κ3) is 2.25. The molecule has 0 amide bonds. The molecule has 6 nitrogen and oxygen atoms in total. The number of fused-ring (bicyclic) bond motifs is 5. The third-order valence-electron chi connectivity index (χ3n) is 7.02. The van der Waals surface area contributed by atoms with Gasteiger partial charge in [-0.2, -0.15) is 0 Å². The molecule has 3 aliphatic rings. The van der Waals surface area contributed by atoms with Gasteiger partial charge in [0.1, 0.15) is 18.0 Å². The molecule has 0 aromatic heterocycles. The second-order valence-electron chi connectivity index (χ2n) is 8.20. The number of aliphatic hydroxyl groups is 1. The summed E-state index contributed by atoms with van der Waals surface area (Å²) in [5.74, 6) is 0.410. The van der Waals surface area contributed by atoms with Gasteiger partial charge in [0.25, 0.3) is 0 Å². The zero-order valence-electron chi connectivity index (χ0n) is 15.7. The number of para-hydroxylation sites is 1. The summed E-state index contributed by atoms with van der Waals surface area (Å²) in [7, 11) is 1.55. The molecule has 0 saturated heterocycles. The largest absolute Gasteiger partial charge is 0.496 e. The van der Waals surface area contributed by atoms with E-state index in [0.29, 0.717) is 17.2 Å². The van der Waals surface area contributed by atoms with Gasteiger partial charge in [0.2, 0.25) is 0 Å². The van der Waals surface area contributed by atoms with Crippen molar-refractivity contribution in [1.82, 2.24) is 0 Å². The summed E-state index contributed by atoms with van der Waals surface area (Å²) in [5, 5.41) is 10.8. The summed E-state index contributed by atoms with van der Waals surface area (Å²) in [6.45, 7) is 6.70. The zero-order chi connectivity index (χ0) is 18.0. The van der Waals surface area contributed by atoms with Crippen LogP contribution in [0.15, 0.2) is 29.3 Å². The van der Waals surface area contributed by atoms with Gasteiger partial charge in [-0.3, -0.25) is 4.99 Å². The number of rotatable bonds is 3. The van der Waals surface area contributed by atoms with Gasteiger partial charge in [-0.05, 0) is 24.3 Å². The number of carbonyl (C=O) groups is 1. The lowest BCUT2D eigenvalue weighted by Gasteiger charge is -2.37. The van der Waals surface area contributed by atoms with Crippen LogP contribution in [0, 0.1) is 16.7 Å². The normalized spacial score (nSPS) is 35.0. The van der Waals surface area contributed by atoms with Crippen molar-refractivity contribution in [2.45, 2.75) is 51.9 Å². The fourth-order valence-electron chi connectivity index (χ4n) is 5.06. The van der Waals surface area contributed by atoms with Crippen LogP contribution in [0.25, 0.3) is 0 Å². The number of nitrogens with zero attached hydrogens (tertiary/aromatic N) is 1. The van der Waals surface area contributed by atoms with Crippen molar-refractivity contribution in [3.63, 3.8) is 0 Å². The quantitative estimate of drug-likeness (QED) is 0.833. The summed E-state index contributed by atoms with van der Waals surface area (Å²) in [5.41, 5.74) is 1.47. The average Bonchev–Trinajstić information content (AvgIpc) is 2.92. The molecular weight excluding hydrogens is 334 g/mol. The molecule has 0 spiro atoms. The average molecular weight is 361 g/mol. The van der Waals surface area contributed by atoms with Gasteiger partial charge in [-0.15, -0.1) is 0 Å². The highest BCUT2D eigenvalue weighted by atomic mass is 16.6. The monoisotopic (exact) mass is 361 g/mol. The molecule has 26 heavy (non-hydrogen) atoms. The molecule has 2 saturated carbocycles. The summed E-state index contributed by atoms with van der Waals surface area (Å²) >= 11 is 0. The number of methoxy groups -OCH3 is 1. The SMILES string of the molecule is COc1ccccc1[C@@H](O)[C@@H]1N=C2[C@H](OC1=O)[C@H]1CC[C@]2(C)C1(C)C.O. The number of aliphatic imine (C=N–C) groups is 1. The van der Waals surface area contributed by atoms with E-state index >= 15 is 0 Å². The second-order valence-corrected chi connectivity index (χ2v) is 8.20. The molecule has 1 heterocycles. The van der Waals surface area contributed by atoms with Crippen LogP contribution in [0.4, 0.5) is 0 Å². The van der Waals surface area contributed by atoms with Gasteiger partial charge in [-0.1, -0.05) is 39.0 Å². The van der Waals surface area contributed by atoms with Crippen molar-refractivity contribution in [2.75, 3.05) is 7.11 Å². The maximum atomic E-state index is 12.6. The topological polar surface area (TPSA) is 99.6 Å². The lowest BCUT2D eigenvalue weighted by atomic mass is 9.70. The van der Waals surface area contributed by atoms with Crippen LogP contribution in [-0.4, -0.2) is 41.5 Å². The number of aliphatic hydroxyl groups excluding tert-OH is 1. The maximum absolute atomic E-state index is 12.6. The number of esters is 1. The molecule has 2 aliphatic carbocycles. The predicted molar refractivity (Wildman–Crippen MR) is 97.3 cm³/mol. The van der Waals surface area contributed by atoms with Crippen molar-refractivity contribution in [3.05, 3.63) is 29.8 Å². The molecule has 2 bridgehead atoms. The van der Waals surface area contributed by atoms with E-state index in [0.717, 1.165) is 18.6 Å². The van der Waals surface area contributed by atoms with E-state index in [1.807, 2.05) is 12.1 Å². The van der Waals surface area contributed by atoms with E-state index in [4.69, 9.17) is 14.5 Å². The lowest BCUT2D eigenvalue weighted by molar-refractivity contribution is -0.154. The van der Waals surface area contributed by atoms with Crippen molar-refractivity contribution in [3.8, 4) is 5.75 Å². The summed E-state index contributed by atoms with van der Waals surface area (Å²) in [4.78, 5) is 17.4. The van der Waals surface area contributed by atoms with E-state index in [-0.39, 0.29) is 22.4 Å². The third-order valence-corrected chi connectivity index (χ3v) is 7.02. The van der Waals surface area contributed by atoms with Crippen LogP contribution in [0.2, 0.25) is 0 Å². The molecular formula is C20H27NO5. The van der Waals surface area contributed by atoms with Crippen LogP contribution < -0.4 is 4.74 Å². The molecule has 0 radical (unpaired) electrons. The van der Waals surface area contributed by atoms with Crippen LogP contribution in [0.5, 0.6) is 5.75 Å². The Labute approximate surface area is 153 Å². The summed E-state index contributed by atoms with van der Waals surface area (Å²) < 4.78 is 11.1. The van der Waals surface area contributed by atoms with E-state index < -0.39 is 18.1 Å². The summed E-state index contributed by atoms with van der Waals surface area (Å²) in [6.07, 6.45) is 0.792. The van der Waals surface area contributed by atoms with Gasteiger partial charge in [0, 0.05) is 16.9 Å². The molecule has 3 N–H and O–H groups in total. The van der Waals surface area contributed by atoms with Crippen LogP contribution in [0.3, 0.4) is 0 Å². The van der Waals surface area contributed by atoms with E-state index in [9.17, 15) is 9.90 Å². The second kappa shape index (κ2) is 6.06. The van der Waals surface area contributed by atoms with Gasteiger partial charge < -0.3 is 20.1 Å². The number of carbonyl (C=O) groups excluding carboxylic acids is 1. The molecule has 142 valence electrons. The molecule has 5 atom stereocenters. The first kappa shape index (κ1) is 18.9. The first-order valence-corrected chi connectivity index (χ1v) is 8.91. The number of hydrogen-bond acceptors (Lipinski definition) is 5. The molecule has 1 aromatic rings. The first-order chi connectivity index (χ1) is 11.8. The van der Waals surface area contributed by atoms with Crippen molar-refractivity contribution in [1.29, 1.82) is 0 Å². The first-order valence-electron chi connectivity index (χ1n) is 8.91. The Bertz CT molecular complexity index is 758. The van der Waals surface area contributed by atoms with Crippen molar-refractivity contribution >= 4 is 11.7 Å². The highest BCUT2D eigenvalue weighted by Gasteiger charge is 2.67. The van der Waals surface area contributed by atoms with E-state index in [1.165, 1.54) is 0 Å². The molecule has 2 fully saturated rings. The molecule has 0 unspecified atom stereocenters. The highest BCUT2D eigenvalue weighted by molar-refractivity contribution is 6.03. The van der Waals surface area contributed by atoms with Crippen molar-refractivity contribution in [2.24, 2.45) is 21.7 Å². The molecule has 4 rings (SSSR count). The standard InChI is InChI=1S/C20H25NO4.H2O/c1-19(2)12-9-10-20(19,3)17-16(12)25-18(23)14(21-17)15(22)11-7-5-6-8-13(11)24-4;/h5-8,12,14-16,22H,9-10H2,1-4H3;1H2/t12-,14+,15-,16-,20+;/m1./s1. The Morgan fingerprint density at radius 2 is 2.00 bits per heavy atom. The van der Waals surface area contributed by atoms with Gasteiger partial charge >= 0.3 is 5.97 Å². The number of hydrogen-bond donors (Lipinski definition) is 1. The fraction of sp³-hybridized carbons (Fsp3) is 0.600. The van der Waals surface area contributed by atoms with Crippen molar-refractivity contribution < 1.29 is 24.9 Å². The predicted octanol–water partition coefficient (Wildman–Crippen LogP) is 2.10. The van der Waals surface area contributed by atoms with E-state index in [1.54, 1.807) is 19.2 Å². The van der Waals surface area contributed by atoms with Gasteiger partial charge in [0.15, 0.2) is 6.04 Å². The van der Waals surface area contributed by atoms with Crippen LogP contribution in [-0.2, 0) is 9.53 Å². The Morgan fingerprint density at radius 3 is 2.69 bits per heavy atom. The number of ether oxygens (including phenoxy) is 2. The molecule has 6 heteroatoms. The molecule has 1 aliphatic heterocycles. The molecule has 1 aromatic carbocycles. The summed E-state index contributed by atoms with van der Waals surface area (Å²) in [6, 6.07) is 6.23. The Morgan fingerprint density at radius 1 is 1.31 bits per heavy atom. The lowest BCUT2D eigenvalue weighted by Crippen LogP contribution is -2.46. The smallest absolute Gasteiger partial charge is 0.334 e. The Hall–Kier alpha value is -1.92. The van der Waals surface area contributed by atoms with Gasteiger partial charge in [-0.25, -0.2) is 4.79 Å². The van der Waals surface area contributed by atoms with Crippen LogP contribution in [0.1, 0.15) is 45.3 Å². The minimum atomic E-state index is -1.08. The number of benzene rings is 1. The zero-order valence-corrected chi connectivity index (χ0v) is 15.7. The van der Waals surface area contributed by atoms with E-state index in [2.05, 4.69) is 20.8 Å². The minimum absolute atomic E-state index is 0. The van der Waals surface area contributed by atoms with Gasteiger partial charge in [0.05, 0.1) is 12.8 Å². The Balaban J connectivity index is 0.00000196. The fourth-order valence-corrected chi connectivity index (χ4v) is 5.06. The maximum Gasteiger partial charge on any atom is 0.334 e. The minimum Gasteiger partial charge on any atom is -0.496 e.